The lowest BCUT2D eigenvalue weighted by molar-refractivity contribution is 0.563. The Kier molecular flexibility index (Phi) is 4.65. The van der Waals surface area contributed by atoms with Crippen molar-refractivity contribution in [1.82, 2.24) is 5.32 Å². The van der Waals surface area contributed by atoms with Crippen LogP contribution in [-0.2, 0) is 10.0 Å². The van der Waals surface area contributed by atoms with Crippen molar-refractivity contribution in [3.05, 3.63) is 30.1 Å². The zero-order valence-electron chi connectivity index (χ0n) is 11.8. The number of rotatable bonds is 7. The van der Waals surface area contributed by atoms with Gasteiger partial charge in [-0.1, -0.05) is 12.1 Å². The fraction of sp³-hybridized carbons (Fsp3) is 0.571. The Labute approximate surface area is 120 Å². The molecule has 0 amide bonds. The van der Waals surface area contributed by atoms with Crippen LogP contribution in [0.15, 0.2) is 24.3 Å². The molecule has 1 unspecified atom stereocenters. The highest BCUT2D eigenvalue weighted by Gasteiger charge is 2.31. The third-order valence-electron chi connectivity index (χ3n) is 3.50. The number of para-hydroxylation sites is 1. The quantitative estimate of drug-likeness (QED) is 0.839. The van der Waals surface area contributed by atoms with E-state index in [2.05, 4.69) is 5.32 Å². The predicted molar refractivity (Wildman–Crippen MR) is 78.8 cm³/mol. The summed E-state index contributed by atoms with van der Waals surface area (Å²) < 4.78 is 40.1. The molecule has 6 heteroatoms. The highest BCUT2D eigenvalue weighted by atomic mass is 32.2. The van der Waals surface area contributed by atoms with Gasteiger partial charge in [-0.2, -0.15) is 0 Å². The molecule has 1 fully saturated rings. The maximum absolute atomic E-state index is 13.8. The molecule has 1 saturated carbocycles. The van der Waals surface area contributed by atoms with Gasteiger partial charge in [0.25, 0.3) is 0 Å². The molecule has 1 aromatic rings. The number of halogens is 1. The molecular formula is C14H21FN2O2S. The molecule has 1 atom stereocenters. The van der Waals surface area contributed by atoms with E-state index in [1.807, 2.05) is 0 Å². The van der Waals surface area contributed by atoms with E-state index in [-0.39, 0.29) is 12.2 Å². The molecule has 4 nitrogen and oxygen atoms in total. The molecule has 1 aliphatic rings. The number of hydrogen-bond donors (Lipinski definition) is 1. The summed E-state index contributed by atoms with van der Waals surface area (Å²) >= 11 is 0. The summed E-state index contributed by atoms with van der Waals surface area (Å²) in [5.41, 5.74) is 0.119. The van der Waals surface area contributed by atoms with E-state index in [9.17, 15) is 12.8 Å². The Bertz CT molecular complexity index is 558. The second-order valence-corrected chi connectivity index (χ2v) is 7.43. The topological polar surface area (TPSA) is 49.4 Å². The first-order chi connectivity index (χ1) is 9.46. The van der Waals surface area contributed by atoms with Gasteiger partial charge >= 0.3 is 0 Å². The molecule has 0 spiro atoms. The number of anilines is 1. The summed E-state index contributed by atoms with van der Waals surface area (Å²) in [6.07, 6.45) is 2.22. The Hall–Kier alpha value is -1.14. The van der Waals surface area contributed by atoms with E-state index in [1.54, 1.807) is 26.0 Å². The van der Waals surface area contributed by atoms with Crippen molar-refractivity contribution in [2.45, 2.75) is 38.0 Å². The summed E-state index contributed by atoms with van der Waals surface area (Å²) in [6.45, 7) is 3.99. The SMILES string of the molecule is CCN(c1ccccc1F)S(=O)(=O)C(C)CNC1CC1. The third kappa shape index (κ3) is 3.30. The van der Waals surface area contributed by atoms with Gasteiger partial charge in [-0.25, -0.2) is 12.8 Å². The van der Waals surface area contributed by atoms with E-state index in [1.165, 1.54) is 12.1 Å². The van der Waals surface area contributed by atoms with Gasteiger partial charge in [0, 0.05) is 19.1 Å². The first-order valence-electron chi connectivity index (χ1n) is 6.96. The smallest absolute Gasteiger partial charge is 0.239 e. The Morgan fingerprint density at radius 2 is 2.05 bits per heavy atom. The lowest BCUT2D eigenvalue weighted by Gasteiger charge is -2.27. The van der Waals surface area contributed by atoms with Crippen LogP contribution in [0.1, 0.15) is 26.7 Å². The zero-order chi connectivity index (χ0) is 14.8. The monoisotopic (exact) mass is 300 g/mol. The van der Waals surface area contributed by atoms with E-state index >= 15 is 0 Å². The number of benzene rings is 1. The van der Waals surface area contributed by atoms with Crippen LogP contribution < -0.4 is 9.62 Å². The van der Waals surface area contributed by atoms with Crippen molar-refractivity contribution >= 4 is 15.7 Å². The maximum Gasteiger partial charge on any atom is 0.239 e. The Morgan fingerprint density at radius 3 is 2.60 bits per heavy atom. The summed E-state index contributed by atoms with van der Waals surface area (Å²) in [7, 11) is -3.56. The van der Waals surface area contributed by atoms with Gasteiger partial charge in [0.05, 0.1) is 10.9 Å². The first-order valence-corrected chi connectivity index (χ1v) is 8.46. The van der Waals surface area contributed by atoms with E-state index in [0.717, 1.165) is 17.1 Å². The van der Waals surface area contributed by atoms with Gasteiger partial charge in [-0.3, -0.25) is 4.31 Å². The summed E-state index contributed by atoms with van der Waals surface area (Å²) in [5, 5.41) is 2.63. The van der Waals surface area contributed by atoms with E-state index in [0.29, 0.717) is 12.6 Å². The van der Waals surface area contributed by atoms with Crippen molar-refractivity contribution < 1.29 is 12.8 Å². The second-order valence-electron chi connectivity index (χ2n) is 5.15. The third-order valence-corrected chi connectivity index (χ3v) is 5.75. The largest absolute Gasteiger partial charge is 0.313 e. The fourth-order valence-corrected chi connectivity index (χ4v) is 3.61. The molecule has 0 bridgehead atoms. The number of nitrogens with one attached hydrogen (secondary N) is 1. The summed E-state index contributed by atoms with van der Waals surface area (Å²) in [5.74, 6) is -0.514. The highest BCUT2D eigenvalue weighted by Crippen LogP contribution is 2.24. The van der Waals surface area contributed by atoms with Crippen molar-refractivity contribution in [2.75, 3.05) is 17.4 Å². The normalized spacial score (nSPS) is 16.9. The van der Waals surface area contributed by atoms with Gasteiger partial charge < -0.3 is 5.32 Å². The van der Waals surface area contributed by atoms with Crippen LogP contribution in [0.4, 0.5) is 10.1 Å². The highest BCUT2D eigenvalue weighted by molar-refractivity contribution is 7.93. The average Bonchev–Trinajstić information content (AvgIpc) is 3.22. The molecule has 1 aromatic carbocycles. The zero-order valence-corrected chi connectivity index (χ0v) is 12.7. The molecule has 0 saturated heterocycles. The molecule has 0 aliphatic heterocycles. The molecule has 1 aliphatic carbocycles. The Balaban J connectivity index is 2.17. The minimum Gasteiger partial charge on any atom is -0.313 e. The van der Waals surface area contributed by atoms with Crippen LogP contribution in [0.25, 0.3) is 0 Å². The van der Waals surface area contributed by atoms with Gasteiger partial charge in [-0.05, 0) is 38.8 Å². The standard InChI is InChI=1S/C14H21FN2O2S/c1-3-17(14-7-5-4-6-13(14)15)20(18,19)11(2)10-16-12-8-9-12/h4-7,11-12,16H,3,8-10H2,1-2H3. The van der Waals surface area contributed by atoms with Crippen LogP contribution >= 0.6 is 0 Å². The van der Waals surface area contributed by atoms with Crippen molar-refractivity contribution in [2.24, 2.45) is 0 Å². The predicted octanol–water partition coefficient (Wildman–Crippen LogP) is 2.12. The minimum atomic E-state index is -3.56. The average molecular weight is 300 g/mol. The van der Waals surface area contributed by atoms with Crippen molar-refractivity contribution in [3.8, 4) is 0 Å². The Morgan fingerprint density at radius 1 is 1.40 bits per heavy atom. The van der Waals surface area contributed by atoms with Gasteiger partial charge in [0.1, 0.15) is 5.82 Å². The van der Waals surface area contributed by atoms with Crippen LogP contribution in [0.2, 0.25) is 0 Å². The van der Waals surface area contributed by atoms with Crippen molar-refractivity contribution in [1.29, 1.82) is 0 Å². The maximum atomic E-state index is 13.8. The first kappa shape index (κ1) is 15.3. The molecule has 2 rings (SSSR count). The van der Waals surface area contributed by atoms with Crippen molar-refractivity contribution in [3.63, 3.8) is 0 Å². The van der Waals surface area contributed by atoms with E-state index in [4.69, 9.17) is 0 Å². The van der Waals surface area contributed by atoms with Crippen LogP contribution in [-0.4, -0.2) is 32.8 Å². The fourth-order valence-electron chi connectivity index (χ4n) is 2.08. The summed E-state index contributed by atoms with van der Waals surface area (Å²) in [6, 6.07) is 6.43. The molecule has 20 heavy (non-hydrogen) atoms. The van der Waals surface area contributed by atoms with E-state index < -0.39 is 21.1 Å². The molecule has 0 radical (unpaired) electrons. The molecular weight excluding hydrogens is 279 g/mol. The number of nitrogens with zero attached hydrogens (tertiary/aromatic N) is 1. The molecule has 112 valence electrons. The minimum absolute atomic E-state index is 0.119. The summed E-state index contributed by atoms with van der Waals surface area (Å²) in [4.78, 5) is 0. The second kappa shape index (κ2) is 6.10. The lowest BCUT2D eigenvalue weighted by Crippen LogP contribution is -2.42. The van der Waals surface area contributed by atoms with Crippen LogP contribution in [0.5, 0.6) is 0 Å². The lowest BCUT2D eigenvalue weighted by atomic mass is 10.3. The van der Waals surface area contributed by atoms with Crippen LogP contribution in [0, 0.1) is 5.82 Å². The molecule has 1 N–H and O–H groups in total. The van der Waals surface area contributed by atoms with Gasteiger partial charge in [0.2, 0.25) is 10.0 Å². The van der Waals surface area contributed by atoms with Crippen LogP contribution in [0.3, 0.4) is 0 Å². The molecule has 0 heterocycles. The number of sulfonamides is 1. The van der Waals surface area contributed by atoms with Gasteiger partial charge in [-0.15, -0.1) is 0 Å². The molecule has 0 aromatic heterocycles. The number of hydrogen-bond acceptors (Lipinski definition) is 3. The van der Waals surface area contributed by atoms with Gasteiger partial charge in [0.15, 0.2) is 0 Å².